The maximum Gasteiger partial charge on any atom is 0.225 e. The SMILES string of the molecule is CCCNc1nccc(Oc2cccc(C)c2F)n1. The summed E-state index contributed by atoms with van der Waals surface area (Å²) in [6.07, 6.45) is 2.55. The van der Waals surface area contributed by atoms with Crippen LogP contribution in [0.5, 0.6) is 11.6 Å². The highest BCUT2D eigenvalue weighted by Crippen LogP contribution is 2.24. The van der Waals surface area contributed by atoms with E-state index < -0.39 is 0 Å². The molecule has 5 heteroatoms. The maximum absolute atomic E-state index is 13.8. The van der Waals surface area contributed by atoms with Gasteiger partial charge >= 0.3 is 0 Å². The molecular formula is C14H16FN3O. The lowest BCUT2D eigenvalue weighted by Gasteiger charge is -2.08. The van der Waals surface area contributed by atoms with Crippen LogP contribution in [0.1, 0.15) is 18.9 Å². The minimum Gasteiger partial charge on any atom is -0.436 e. The number of aryl methyl sites for hydroxylation is 1. The van der Waals surface area contributed by atoms with Crippen LogP contribution in [0.25, 0.3) is 0 Å². The first-order valence-corrected chi connectivity index (χ1v) is 6.20. The molecule has 0 saturated heterocycles. The number of ether oxygens (including phenoxy) is 1. The van der Waals surface area contributed by atoms with Gasteiger partial charge in [0.05, 0.1) is 0 Å². The summed E-state index contributed by atoms with van der Waals surface area (Å²) in [6.45, 7) is 4.52. The van der Waals surface area contributed by atoms with Gasteiger partial charge in [-0.3, -0.25) is 0 Å². The Morgan fingerprint density at radius 3 is 2.95 bits per heavy atom. The van der Waals surface area contributed by atoms with Gasteiger partial charge in [0.1, 0.15) is 0 Å². The van der Waals surface area contributed by atoms with Crippen molar-refractivity contribution in [1.29, 1.82) is 0 Å². The summed E-state index contributed by atoms with van der Waals surface area (Å²) in [5.41, 5.74) is 0.538. The predicted molar refractivity (Wildman–Crippen MR) is 72.0 cm³/mol. The fraction of sp³-hybridized carbons (Fsp3) is 0.286. The molecule has 0 aliphatic carbocycles. The van der Waals surface area contributed by atoms with E-state index in [1.807, 2.05) is 0 Å². The summed E-state index contributed by atoms with van der Waals surface area (Å²) >= 11 is 0. The topological polar surface area (TPSA) is 47.0 Å². The molecule has 0 fully saturated rings. The van der Waals surface area contributed by atoms with E-state index in [0.29, 0.717) is 17.4 Å². The van der Waals surface area contributed by atoms with Crippen molar-refractivity contribution in [2.24, 2.45) is 0 Å². The largest absolute Gasteiger partial charge is 0.436 e. The molecule has 1 N–H and O–H groups in total. The molecule has 0 atom stereocenters. The predicted octanol–water partition coefficient (Wildman–Crippen LogP) is 3.54. The fourth-order valence-corrected chi connectivity index (χ4v) is 1.53. The first kappa shape index (κ1) is 13.3. The number of hydrogen-bond donors (Lipinski definition) is 1. The molecule has 4 nitrogen and oxygen atoms in total. The summed E-state index contributed by atoms with van der Waals surface area (Å²) in [5, 5.41) is 3.05. The zero-order valence-corrected chi connectivity index (χ0v) is 11.0. The van der Waals surface area contributed by atoms with Crippen LogP contribution in [-0.2, 0) is 0 Å². The maximum atomic E-state index is 13.8. The second-order valence-corrected chi connectivity index (χ2v) is 4.13. The smallest absolute Gasteiger partial charge is 0.225 e. The highest BCUT2D eigenvalue weighted by atomic mass is 19.1. The summed E-state index contributed by atoms with van der Waals surface area (Å²) in [6, 6.07) is 6.60. The van der Waals surface area contributed by atoms with Crippen LogP contribution in [0.3, 0.4) is 0 Å². The van der Waals surface area contributed by atoms with E-state index >= 15 is 0 Å². The number of benzene rings is 1. The van der Waals surface area contributed by atoms with Crippen LogP contribution in [0.15, 0.2) is 30.5 Å². The van der Waals surface area contributed by atoms with Gasteiger partial charge in [0.2, 0.25) is 11.8 Å². The van der Waals surface area contributed by atoms with E-state index in [1.54, 1.807) is 37.4 Å². The van der Waals surface area contributed by atoms with Gasteiger partial charge < -0.3 is 10.1 Å². The van der Waals surface area contributed by atoms with Gasteiger partial charge in [-0.1, -0.05) is 19.1 Å². The Kier molecular flexibility index (Phi) is 4.28. The van der Waals surface area contributed by atoms with Crippen LogP contribution in [0, 0.1) is 12.7 Å². The molecule has 1 aromatic heterocycles. The quantitative estimate of drug-likeness (QED) is 0.894. The van der Waals surface area contributed by atoms with Crippen molar-refractivity contribution < 1.29 is 9.13 Å². The lowest BCUT2D eigenvalue weighted by atomic mass is 10.2. The van der Waals surface area contributed by atoms with Crippen molar-refractivity contribution in [2.45, 2.75) is 20.3 Å². The molecule has 0 unspecified atom stereocenters. The Balaban J connectivity index is 2.16. The molecule has 100 valence electrons. The summed E-state index contributed by atoms with van der Waals surface area (Å²) < 4.78 is 19.3. The highest BCUT2D eigenvalue weighted by molar-refractivity contribution is 5.34. The van der Waals surface area contributed by atoms with Gasteiger partial charge in [-0.15, -0.1) is 0 Å². The van der Waals surface area contributed by atoms with Gasteiger partial charge in [-0.2, -0.15) is 4.98 Å². The Morgan fingerprint density at radius 2 is 2.16 bits per heavy atom. The average molecular weight is 261 g/mol. The fourth-order valence-electron chi connectivity index (χ4n) is 1.53. The van der Waals surface area contributed by atoms with Crippen molar-refractivity contribution in [3.63, 3.8) is 0 Å². The molecule has 0 radical (unpaired) electrons. The third-order valence-corrected chi connectivity index (χ3v) is 2.53. The number of rotatable bonds is 5. The number of nitrogens with one attached hydrogen (secondary N) is 1. The molecule has 0 saturated carbocycles. The van der Waals surface area contributed by atoms with Crippen LogP contribution in [0.4, 0.5) is 10.3 Å². The zero-order chi connectivity index (χ0) is 13.7. The Morgan fingerprint density at radius 1 is 1.32 bits per heavy atom. The first-order valence-electron chi connectivity index (χ1n) is 6.20. The van der Waals surface area contributed by atoms with Crippen molar-refractivity contribution >= 4 is 5.95 Å². The number of anilines is 1. The lowest BCUT2D eigenvalue weighted by molar-refractivity contribution is 0.425. The Labute approximate surface area is 111 Å². The van der Waals surface area contributed by atoms with Crippen molar-refractivity contribution in [1.82, 2.24) is 9.97 Å². The number of halogens is 1. The van der Waals surface area contributed by atoms with Crippen LogP contribution < -0.4 is 10.1 Å². The third-order valence-electron chi connectivity index (χ3n) is 2.53. The zero-order valence-electron chi connectivity index (χ0n) is 11.0. The molecule has 0 aliphatic rings. The number of aromatic nitrogens is 2. The van der Waals surface area contributed by atoms with E-state index in [-0.39, 0.29) is 11.6 Å². The third kappa shape index (κ3) is 3.40. The molecule has 19 heavy (non-hydrogen) atoms. The molecule has 0 bridgehead atoms. The van der Waals surface area contributed by atoms with E-state index in [9.17, 15) is 4.39 Å². The van der Waals surface area contributed by atoms with E-state index in [0.717, 1.165) is 13.0 Å². The standard InChI is InChI=1S/C14H16FN3O/c1-3-8-16-14-17-9-7-12(18-14)19-11-6-4-5-10(2)13(11)15/h4-7,9H,3,8H2,1-2H3,(H,16,17,18). The van der Waals surface area contributed by atoms with Crippen molar-refractivity contribution in [3.05, 3.63) is 41.8 Å². The molecular weight excluding hydrogens is 245 g/mol. The second kappa shape index (κ2) is 6.13. The molecule has 0 spiro atoms. The average Bonchev–Trinajstić information content (AvgIpc) is 2.42. The highest BCUT2D eigenvalue weighted by Gasteiger charge is 2.08. The van der Waals surface area contributed by atoms with Gasteiger partial charge in [-0.25, -0.2) is 9.37 Å². The van der Waals surface area contributed by atoms with Crippen molar-refractivity contribution in [2.75, 3.05) is 11.9 Å². The van der Waals surface area contributed by atoms with Gasteiger partial charge in [-0.05, 0) is 25.0 Å². The summed E-state index contributed by atoms with van der Waals surface area (Å²) in [7, 11) is 0. The van der Waals surface area contributed by atoms with Gasteiger partial charge in [0, 0.05) is 18.8 Å². The Hall–Kier alpha value is -2.17. The van der Waals surface area contributed by atoms with E-state index in [4.69, 9.17) is 4.74 Å². The molecule has 2 rings (SSSR count). The molecule has 1 aromatic carbocycles. The Bertz CT molecular complexity index is 560. The second-order valence-electron chi connectivity index (χ2n) is 4.13. The molecule has 2 aromatic rings. The minimum atomic E-state index is -0.371. The molecule has 0 aliphatic heterocycles. The number of hydrogen-bond acceptors (Lipinski definition) is 4. The molecule has 1 heterocycles. The normalized spacial score (nSPS) is 10.3. The van der Waals surface area contributed by atoms with Crippen molar-refractivity contribution in [3.8, 4) is 11.6 Å². The summed E-state index contributed by atoms with van der Waals surface area (Å²) in [5.74, 6) is 0.592. The van der Waals surface area contributed by atoms with Crippen LogP contribution in [-0.4, -0.2) is 16.5 Å². The number of nitrogens with zero attached hydrogens (tertiary/aromatic N) is 2. The minimum absolute atomic E-state index is 0.167. The monoisotopic (exact) mass is 261 g/mol. The van der Waals surface area contributed by atoms with E-state index in [2.05, 4.69) is 22.2 Å². The van der Waals surface area contributed by atoms with Crippen LogP contribution in [0.2, 0.25) is 0 Å². The summed E-state index contributed by atoms with van der Waals surface area (Å²) in [4.78, 5) is 8.23. The molecule has 0 amide bonds. The lowest BCUT2D eigenvalue weighted by Crippen LogP contribution is -2.04. The van der Waals surface area contributed by atoms with Gasteiger partial charge in [0.15, 0.2) is 11.6 Å². The van der Waals surface area contributed by atoms with Crippen LogP contribution >= 0.6 is 0 Å². The van der Waals surface area contributed by atoms with Gasteiger partial charge in [0.25, 0.3) is 0 Å². The first-order chi connectivity index (χ1) is 9.20. The van der Waals surface area contributed by atoms with E-state index in [1.165, 1.54) is 0 Å².